The van der Waals surface area contributed by atoms with Crippen LogP contribution < -0.4 is 5.32 Å². The van der Waals surface area contributed by atoms with E-state index in [-0.39, 0.29) is 24.4 Å². The Balaban J connectivity index is 0.00000208. The van der Waals surface area contributed by atoms with Crippen molar-refractivity contribution >= 4 is 29.7 Å². The fraction of sp³-hybridized carbons (Fsp3) is 0.389. The Labute approximate surface area is 153 Å². The Kier molecular flexibility index (Phi) is 7.24. The minimum atomic E-state index is 0. The van der Waals surface area contributed by atoms with Gasteiger partial charge in [0.2, 0.25) is 0 Å². The van der Waals surface area contributed by atoms with Crippen molar-refractivity contribution in [2.45, 2.75) is 13.0 Å². The highest BCUT2D eigenvalue weighted by Gasteiger charge is 2.23. The molecule has 2 heterocycles. The molecule has 1 aromatic heterocycles. The zero-order chi connectivity index (χ0) is 16.1. The Morgan fingerprint density at radius 3 is 2.58 bits per heavy atom. The first-order valence-electron chi connectivity index (χ1n) is 7.94. The van der Waals surface area contributed by atoms with Gasteiger partial charge in [0.05, 0.1) is 24.1 Å². The number of ether oxygens (including phenoxy) is 1. The molecule has 3 rings (SSSR count). The second-order valence-corrected chi connectivity index (χ2v) is 6.71. The Bertz CT molecular complexity index is 625. The molecule has 0 aliphatic carbocycles. The number of carbonyl (C=O) groups is 1. The summed E-state index contributed by atoms with van der Waals surface area (Å²) in [6.45, 7) is 6.00. The number of hydrogen-bond donors (Lipinski definition) is 1. The van der Waals surface area contributed by atoms with Crippen LogP contribution in [0, 0.1) is 6.92 Å². The summed E-state index contributed by atoms with van der Waals surface area (Å²) in [5.41, 5.74) is 2.49. The summed E-state index contributed by atoms with van der Waals surface area (Å²) >= 11 is 1.47. The molecule has 24 heavy (non-hydrogen) atoms. The van der Waals surface area contributed by atoms with Crippen LogP contribution in [0.3, 0.4) is 0 Å². The maximum atomic E-state index is 12.2. The maximum absolute atomic E-state index is 12.2. The van der Waals surface area contributed by atoms with Crippen LogP contribution in [0.1, 0.15) is 26.8 Å². The number of aryl methyl sites for hydroxylation is 1. The molecule has 2 aromatic rings. The predicted octanol–water partition coefficient (Wildman–Crippen LogP) is 3.28. The van der Waals surface area contributed by atoms with Crippen LogP contribution in [0.25, 0.3) is 0 Å². The minimum absolute atomic E-state index is 0. The highest BCUT2D eigenvalue weighted by molar-refractivity contribution is 7.12. The summed E-state index contributed by atoms with van der Waals surface area (Å²) in [5, 5.41) is 5.01. The second kappa shape index (κ2) is 9.18. The van der Waals surface area contributed by atoms with Crippen LogP contribution in [0.5, 0.6) is 0 Å². The van der Waals surface area contributed by atoms with Gasteiger partial charge in [-0.2, -0.15) is 0 Å². The molecular formula is C18H23ClN2O2S. The molecule has 1 fully saturated rings. The maximum Gasteiger partial charge on any atom is 0.261 e. The summed E-state index contributed by atoms with van der Waals surface area (Å²) in [6, 6.07) is 12.5. The summed E-state index contributed by atoms with van der Waals surface area (Å²) in [6.07, 6.45) is 0. The topological polar surface area (TPSA) is 41.6 Å². The number of nitrogens with one attached hydrogen (secondary N) is 1. The first kappa shape index (κ1) is 18.9. The first-order chi connectivity index (χ1) is 11.2. The highest BCUT2D eigenvalue weighted by Crippen LogP contribution is 2.22. The predicted molar refractivity (Wildman–Crippen MR) is 100 cm³/mol. The van der Waals surface area contributed by atoms with Crippen molar-refractivity contribution in [3.05, 3.63) is 57.8 Å². The van der Waals surface area contributed by atoms with Crippen molar-refractivity contribution in [3.8, 4) is 0 Å². The molecule has 1 amide bonds. The molecule has 6 heteroatoms. The van der Waals surface area contributed by atoms with Gasteiger partial charge in [0.15, 0.2) is 0 Å². The SMILES string of the molecule is Cc1ccc(C(CNC(=O)c2cccs2)N2CCOCC2)cc1.Cl. The number of nitrogens with zero attached hydrogens (tertiary/aromatic N) is 1. The molecule has 0 saturated carbocycles. The van der Waals surface area contributed by atoms with Crippen LogP contribution in [0.4, 0.5) is 0 Å². The van der Waals surface area contributed by atoms with Crippen molar-refractivity contribution in [1.82, 2.24) is 10.2 Å². The van der Waals surface area contributed by atoms with Gasteiger partial charge in [-0.15, -0.1) is 23.7 Å². The van der Waals surface area contributed by atoms with Gasteiger partial charge in [0.25, 0.3) is 5.91 Å². The zero-order valence-corrected chi connectivity index (χ0v) is 15.4. The molecule has 1 aliphatic heterocycles. The van der Waals surface area contributed by atoms with Gasteiger partial charge in [0, 0.05) is 19.6 Å². The van der Waals surface area contributed by atoms with E-state index in [1.54, 1.807) is 0 Å². The first-order valence-corrected chi connectivity index (χ1v) is 8.82. The third-order valence-electron chi connectivity index (χ3n) is 4.15. The van der Waals surface area contributed by atoms with E-state index in [4.69, 9.17) is 4.74 Å². The molecule has 0 bridgehead atoms. The summed E-state index contributed by atoms with van der Waals surface area (Å²) in [7, 11) is 0. The molecule has 1 N–H and O–H groups in total. The van der Waals surface area contributed by atoms with E-state index in [0.29, 0.717) is 6.54 Å². The van der Waals surface area contributed by atoms with Crippen molar-refractivity contribution in [1.29, 1.82) is 0 Å². The van der Waals surface area contributed by atoms with Gasteiger partial charge in [-0.25, -0.2) is 0 Å². The molecule has 0 radical (unpaired) electrons. The number of hydrogen-bond acceptors (Lipinski definition) is 4. The van der Waals surface area contributed by atoms with E-state index in [0.717, 1.165) is 31.2 Å². The Morgan fingerprint density at radius 2 is 1.96 bits per heavy atom. The normalized spacial score (nSPS) is 16.2. The van der Waals surface area contributed by atoms with E-state index < -0.39 is 0 Å². The van der Waals surface area contributed by atoms with Crippen LogP contribution >= 0.6 is 23.7 Å². The molecule has 4 nitrogen and oxygen atoms in total. The van der Waals surface area contributed by atoms with Gasteiger partial charge in [0.1, 0.15) is 0 Å². The third-order valence-corrected chi connectivity index (χ3v) is 5.02. The molecule has 130 valence electrons. The average molecular weight is 367 g/mol. The Morgan fingerprint density at radius 1 is 1.25 bits per heavy atom. The van der Waals surface area contributed by atoms with Crippen LogP contribution in [-0.2, 0) is 4.74 Å². The number of amides is 1. The molecule has 1 aromatic carbocycles. The van der Waals surface area contributed by atoms with Crippen molar-refractivity contribution in [2.24, 2.45) is 0 Å². The zero-order valence-electron chi connectivity index (χ0n) is 13.7. The molecule has 1 atom stereocenters. The van der Waals surface area contributed by atoms with Gasteiger partial charge in [-0.3, -0.25) is 9.69 Å². The summed E-state index contributed by atoms with van der Waals surface area (Å²) in [4.78, 5) is 15.4. The number of benzene rings is 1. The molecule has 1 aliphatic rings. The number of morpholine rings is 1. The van der Waals surface area contributed by atoms with E-state index in [2.05, 4.69) is 41.4 Å². The Hall–Kier alpha value is -1.40. The largest absolute Gasteiger partial charge is 0.379 e. The molecule has 1 unspecified atom stereocenters. The van der Waals surface area contributed by atoms with Crippen molar-refractivity contribution < 1.29 is 9.53 Å². The number of halogens is 1. The number of thiophene rings is 1. The van der Waals surface area contributed by atoms with E-state index in [1.807, 2.05) is 17.5 Å². The van der Waals surface area contributed by atoms with Gasteiger partial charge >= 0.3 is 0 Å². The second-order valence-electron chi connectivity index (χ2n) is 5.76. The van der Waals surface area contributed by atoms with Crippen LogP contribution in [0.15, 0.2) is 41.8 Å². The van der Waals surface area contributed by atoms with Gasteiger partial charge in [-0.1, -0.05) is 35.9 Å². The molecular weight excluding hydrogens is 344 g/mol. The van der Waals surface area contributed by atoms with Crippen molar-refractivity contribution in [3.63, 3.8) is 0 Å². The minimum Gasteiger partial charge on any atom is -0.379 e. The van der Waals surface area contributed by atoms with Crippen molar-refractivity contribution in [2.75, 3.05) is 32.8 Å². The van der Waals surface area contributed by atoms with E-state index in [9.17, 15) is 4.79 Å². The van der Waals surface area contributed by atoms with Crippen LogP contribution in [0.2, 0.25) is 0 Å². The summed E-state index contributed by atoms with van der Waals surface area (Å²) < 4.78 is 5.46. The fourth-order valence-electron chi connectivity index (χ4n) is 2.82. The monoisotopic (exact) mass is 366 g/mol. The number of carbonyl (C=O) groups excluding carboxylic acids is 1. The lowest BCUT2D eigenvalue weighted by Gasteiger charge is -2.35. The average Bonchev–Trinajstić information content (AvgIpc) is 3.12. The molecule has 0 spiro atoms. The smallest absolute Gasteiger partial charge is 0.261 e. The van der Waals surface area contributed by atoms with Gasteiger partial charge < -0.3 is 10.1 Å². The van der Waals surface area contributed by atoms with E-state index >= 15 is 0 Å². The van der Waals surface area contributed by atoms with Crippen LogP contribution in [-0.4, -0.2) is 43.7 Å². The lowest BCUT2D eigenvalue weighted by molar-refractivity contribution is 0.0162. The quantitative estimate of drug-likeness (QED) is 0.882. The van der Waals surface area contributed by atoms with Gasteiger partial charge in [-0.05, 0) is 23.9 Å². The highest BCUT2D eigenvalue weighted by atomic mass is 35.5. The lowest BCUT2D eigenvalue weighted by atomic mass is 10.0. The van der Waals surface area contributed by atoms with E-state index in [1.165, 1.54) is 22.5 Å². The lowest BCUT2D eigenvalue weighted by Crippen LogP contribution is -2.43. The summed E-state index contributed by atoms with van der Waals surface area (Å²) in [5.74, 6) is 0.00497. The third kappa shape index (κ3) is 4.80. The number of rotatable bonds is 5. The molecule has 1 saturated heterocycles. The standard InChI is InChI=1S/C18H22N2O2S.ClH/c1-14-4-6-15(7-5-14)16(20-8-10-22-11-9-20)13-19-18(21)17-3-2-12-23-17;/h2-7,12,16H,8-11,13H2,1H3,(H,19,21);1H. The fourth-order valence-corrected chi connectivity index (χ4v) is 3.46.